The van der Waals surface area contributed by atoms with Crippen molar-refractivity contribution in [2.75, 3.05) is 43.1 Å². The molecule has 0 spiro atoms. The summed E-state index contributed by atoms with van der Waals surface area (Å²) in [5.41, 5.74) is 0. The highest BCUT2D eigenvalue weighted by atomic mass is 16.5. The lowest BCUT2D eigenvalue weighted by Crippen LogP contribution is -2.38. The monoisotopic (exact) mass is 295 g/mol. The fraction of sp³-hybridized carbons (Fsp3) is 0.786. The summed E-state index contributed by atoms with van der Waals surface area (Å²) < 4.78 is 11.1. The van der Waals surface area contributed by atoms with Gasteiger partial charge >= 0.3 is 6.01 Å². The summed E-state index contributed by atoms with van der Waals surface area (Å²) in [6.07, 6.45) is 2.35. The third kappa shape index (κ3) is 4.42. The second-order valence-electron chi connectivity index (χ2n) is 4.85. The lowest BCUT2D eigenvalue weighted by molar-refractivity contribution is 0.0457. The minimum absolute atomic E-state index is 0.354. The van der Waals surface area contributed by atoms with Gasteiger partial charge in [-0.25, -0.2) is 0 Å². The maximum atomic E-state index is 5.67. The van der Waals surface area contributed by atoms with Gasteiger partial charge in [-0.15, -0.1) is 0 Å². The van der Waals surface area contributed by atoms with Crippen molar-refractivity contribution in [2.45, 2.75) is 39.7 Å². The second kappa shape index (κ2) is 7.97. The van der Waals surface area contributed by atoms with Crippen molar-refractivity contribution >= 4 is 11.9 Å². The molecule has 0 aromatic carbocycles. The van der Waals surface area contributed by atoms with Gasteiger partial charge in [0.25, 0.3) is 0 Å². The van der Waals surface area contributed by atoms with Crippen molar-refractivity contribution < 1.29 is 9.47 Å². The van der Waals surface area contributed by atoms with Gasteiger partial charge in [-0.2, -0.15) is 15.0 Å². The molecule has 1 saturated heterocycles. The van der Waals surface area contributed by atoms with Gasteiger partial charge in [0.2, 0.25) is 11.9 Å². The number of nitrogens with zero attached hydrogens (tertiary/aromatic N) is 4. The molecule has 1 aliphatic rings. The average molecular weight is 295 g/mol. The summed E-state index contributed by atoms with van der Waals surface area (Å²) in [4.78, 5) is 15.3. The molecule has 0 radical (unpaired) electrons. The quantitative estimate of drug-likeness (QED) is 0.821. The highest BCUT2D eigenvalue weighted by Gasteiger charge is 2.22. The Morgan fingerprint density at radius 2 is 1.86 bits per heavy atom. The van der Waals surface area contributed by atoms with E-state index in [1.165, 1.54) is 0 Å². The molecule has 1 fully saturated rings. The highest BCUT2D eigenvalue weighted by Crippen LogP contribution is 2.21. The predicted octanol–water partition coefficient (Wildman–Crippen LogP) is 1.71. The van der Waals surface area contributed by atoms with E-state index in [1.807, 2.05) is 20.8 Å². The SMILES string of the molecule is CCNc1nc(OCC)nc(N2CCC(OCC)CC2)n1. The lowest BCUT2D eigenvalue weighted by atomic mass is 10.1. The summed E-state index contributed by atoms with van der Waals surface area (Å²) in [6.45, 7) is 9.84. The molecule has 2 heterocycles. The molecule has 7 nitrogen and oxygen atoms in total. The van der Waals surface area contributed by atoms with Gasteiger partial charge in [-0.1, -0.05) is 0 Å². The van der Waals surface area contributed by atoms with Gasteiger partial charge in [-0.05, 0) is 33.6 Å². The summed E-state index contributed by atoms with van der Waals surface area (Å²) in [5, 5.41) is 3.12. The molecular formula is C14H25N5O2. The van der Waals surface area contributed by atoms with E-state index in [2.05, 4.69) is 25.2 Å². The number of hydrogen-bond acceptors (Lipinski definition) is 7. The predicted molar refractivity (Wildman–Crippen MR) is 82.0 cm³/mol. The smallest absolute Gasteiger partial charge is 0.323 e. The van der Waals surface area contributed by atoms with Gasteiger partial charge in [0, 0.05) is 26.2 Å². The van der Waals surface area contributed by atoms with Crippen molar-refractivity contribution in [3.63, 3.8) is 0 Å². The van der Waals surface area contributed by atoms with Crippen LogP contribution in [-0.4, -0.2) is 53.9 Å². The van der Waals surface area contributed by atoms with Crippen LogP contribution in [0.25, 0.3) is 0 Å². The van der Waals surface area contributed by atoms with E-state index in [0.717, 1.165) is 39.1 Å². The first kappa shape index (κ1) is 15.8. The van der Waals surface area contributed by atoms with E-state index < -0.39 is 0 Å². The van der Waals surface area contributed by atoms with Crippen molar-refractivity contribution in [3.05, 3.63) is 0 Å². The van der Waals surface area contributed by atoms with Crippen LogP contribution >= 0.6 is 0 Å². The Morgan fingerprint density at radius 3 is 2.48 bits per heavy atom. The van der Waals surface area contributed by atoms with Crippen molar-refractivity contribution in [1.29, 1.82) is 0 Å². The first-order valence-corrected chi connectivity index (χ1v) is 7.76. The van der Waals surface area contributed by atoms with Gasteiger partial charge in [0.15, 0.2) is 0 Å². The molecule has 0 aliphatic carbocycles. The lowest BCUT2D eigenvalue weighted by Gasteiger charge is -2.31. The third-order valence-corrected chi connectivity index (χ3v) is 3.34. The molecule has 21 heavy (non-hydrogen) atoms. The number of ether oxygens (including phenoxy) is 2. The van der Waals surface area contributed by atoms with Crippen LogP contribution in [0.2, 0.25) is 0 Å². The van der Waals surface area contributed by atoms with Crippen molar-refractivity contribution in [1.82, 2.24) is 15.0 Å². The number of anilines is 2. The van der Waals surface area contributed by atoms with Gasteiger partial charge in [0.1, 0.15) is 0 Å². The Morgan fingerprint density at radius 1 is 1.10 bits per heavy atom. The third-order valence-electron chi connectivity index (χ3n) is 3.34. The van der Waals surface area contributed by atoms with Crippen molar-refractivity contribution in [2.24, 2.45) is 0 Å². The van der Waals surface area contributed by atoms with E-state index in [4.69, 9.17) is 9.47 Å². The molecule has 1 aromatic rings. The van der Waals surface area contributed by atoms with Crippen molar-refractivity contribution in [3.8, 4) is 6.01 Å². The topological polar surface area (TPSA) is 72.4 Å². The minimum atomic E-state index is 0.354. The first-order chi connectivity index (χ1) is 10.3. The fourth-order valence-corrected chi connectivity index (χ4v) is 2.38. The molecule has 0 bridgehead atoms. The standard InChI is InChI=1S/C14H25N5O2/c1-4-15-12-16-13(18-14(17-12)21-6-3)19-9-7-11(8-10-19)20-5-2/h11H,4-10H2,1-3H3,(H,15,16,17,18). The van der Waals surface area contributed by atoms with E-state index in [0.29, 0.717) is 30.6 Å². The fourth-order valence-electron chi connectivity index (χ4n) is 2.38. The van der Waals surface area contributed by atoms with Crippen LogP contribution in [0.5, 0.6) is 6.01 Å². The van der Waals surface area contributed by atoms with Gasteiger partial charge in [0.05, 0.1) is 12.7 Å². The zero-order chi connectivity index (χ0) is 15.1. The Labute approximate surface area is 126 Å². The Hall–Kier alpha value is -1.63. The van der Waals surface area contributed by atoms with Crippen LogP contribution in [0.1, 0.15) is 33.6 Å². The molecule has 0 amide bonds. The molecule has 0 atom stereocenters. The molecule has 7 heteroatoms. The maximum Gasteiger partial charge on any atom is 0.323 e. The largest absolute Gasteiger partial charge is 0.464 e. The molecule has 0 unspecified atom stereocenters. The Bertz CT molecular complexity index is 411. The molecule has 118 valence electrons. The molecule has 1 aromatic heterocycles. The summed E-state index contributed by atoms with van der Waals surface area (Å²) >= 11 is 0. The van der Waals surface area contributed by atoms with E-state index in [-0.39, 0.29) is 0 Å². The van der Waals surface area contributed by atoms with Gasteiger partial charge < -0.3 is 19.7 Å². The van der Waals surface area contributed by atoms with Crippen LogP contribution in [0.4, 0.5) is 11.9 Å². The van der Waals surface area contributed by atoms with Crippen LogP contribution in [0, 0.1) is 0 Å². The average Bonchev–Trinajstić information content (AvgIpc) is 2.49. The summed E-state index contributed by atoms with van der Waals surface area (Å²) in [6, 6.07) is 0.380. The minimum Gasteiger partial charge on any atom is -0.464 e. The summed E-state index contributed by atoms with van der Waals surface area (Å²) in [5.74, 6) is 1.25. The first-order valence-electron chi connectivity index (χ1n) is 7.76. The number of piperidine rings is 1. The summed E-state index contributed by atoms with van der Waals surface area (Å²) in [7, 11) is 0. The Balaban J connectivity index is 2.07. The van der Waals surface area contributed by atoms with Crippen LogP contribution in [0.3, 0.4) is 0 Å². The molecule has 2 rings (SSSR count). The highest BCUT2D eigenvalue weighted by molar-refractivity contribution is 5.38. The van der Waals surface area contributed by atoms with Crippen LogP contribution in [-0.2, 0) is 4.74 Å². The van der Waals surface area contributed by atoms with Crippen LogP contribution < -0.4 is 15.0 Å². The number of aromatic nitrogens is 3. The van der Waals surface area contributed by atoms with E-state index >= 15 is 0 Å². The normalized spacial score (nSPS) is 16.0. The van der Waals surface area contributed by atoms with Crippen LogP contribution in [0.15, 0.2) is 0 Å². The zero-order valence-electron chi connectivity index (χ0n) is 13.1. The second-order valence-corrected chi connectivity index (χ2v) is 4.85. The molecule has 1 aliphatic heterocycles. The van der Waals surface area contributed by atoms with E-state index in [9.17, 15) is 0 Å². The zero-order valence-corrected chi connectivity index (χ0v) is 13.1. The van der Waals surface area contributed by atoms with E-state index in [1.54, 1.807) is 0 Å². The van der Waals surface area contributed by atoms with Gasteiger partial charge in [-0.3, -0.25) is 0 Å². The maximum absolute atomic E-state index is 5.67. The number of rotatable bonds is 7. The molecule has 0 saturated carbocycles. The number of nitrogens with one attached hydrogen (secondary N) is 1. The number of hydrogen-bond donors (Lipinski definition) is 1. The molecular weight excluding hydrogens is 270 g/mol. The molecule has 1 N–H and O–H groups in total. The Kier molecular flexibility index (Phi) is 5.98.